The lowest BCUT2D eigenvalue weighted by atomic mass is 9.96. The highest BCUT2D eigenvalue weighted by molar-refractivity contribution is 6.01. The molecule has 1 aromatic heterocycles. The van der Waals surface area contributed by atoms with Gasteiger partial charge in [-0.3, -0.25) is 0 Å². The van der Waals surface area contributed by atoms with Crippen molar-refractivity contribution >= 4 is 33.5 Å². The molecule has 2 amide bonds. The molecule has 5 saturated heterocycles. The number of carbonyl (C=O) groups excluding carboxylic acids is 1. The zero-order valence-electron chi connectivity index (χ0n) is 27.7. The number of phenols is 1. The summed E-state index contributed by atoms with van der Waals surface area (Å²) in [6.45, 7) is 4.51. The van der Waals surface area contributed by atoms with Crippen LogP contribution in [0.5, 0.6) is 11.8 Å². The number of amides is 2. The van der Waals surface area contributed by atoms with Crippen LogP contribution < -0.4 is 15.0 Å². The van der Waals surface area contributed by atoms with Gasteiger partial charge in [-0.15, -0.1) is 0 Å². The number of aromatic nitrogens is 2. The number of benzene rings is 3. The minimum absolute atomic E-state index is 0.0122. The standard InChI is InChI=1S/C37H44FN7O3/c1-42-16-14-24(19-42)39-37(47)45-21-25-8-5-9-26(45)20-44(25)35-31-13-12-30(32-18-28(46)17-23-7-3-4-11-29(23)32)33(38)34(31)40-36(41-35)48-22-27-10-6-15-43(27)2/h3-4,7,11-13,17-18,24-27,46H,5-6,8-10,14-16,19-22H2,1-2H3,(H,39,47)/t24-,25?,26?,27+/m1/s1. The summed E-state index contributed by atoms with van der Waals surface area (Å²) in [7, 11) is 4.19. The van der Waals surface area contributed by atoms with Gasteiger partial charge >= 0.3 is 12.0 Å². The summed E-state index contributed by atoms with van der Waals surface area (Å²) in [5, 5.41) is 16.1. The van der Waals surface area contributed by atoms with Crippen molar-refractivity contribution in [3.8, 4) is 22.9 Å². The molecule has 252 valence electrons. The van der Waals surface area contributed by atoms with Crippen molar-refractivity contribution in [3.05, 3.63) is 54.3 Å². The number of piperazine rings is 1. The molecule has 0 aliphatic carbocycles. The normalized spacial score (nSPS) is 24.9. The largest absolute Gasteiger partial charge is 0.508 e. The van der Waals surface area contributed by atoms with Crippen molar-refractivity contribution in [2.75, 3.05) is 58.3 Å². The molecule has 10 nitrogen and oxygen atoms in total. The van der Waals surface area contributed by atoms with E-state index in [-0.39, 0.29) is 47.5 Å². The van der Waals surface area contributed by atoms with E-state index in [0.29, 0.717) is 42.0 Å². The average Bonchev–Trinajstić information content (AvgIpc) is 3.55. The van der Waals surface area contributed by atoms with Crippen molar-refractivity contribution in [2.24, 2.45) is 0 Å². The molecule has 4 aromatic rings. The molecule has 5 aliphatic heterocycles. The summed E-state index contributed by atoms with van der Waals surface area (Å²) in [5.41, 5.74) is 1.16. The number of rotatable bonds is 6. The fraction of sp³-hybridized carbons (Fsp3) is 0.486. The summed E-state index contributed by atoms with van der Waals surface area (Å²) in [4.78, 5) is 32.1. The highest BCUT2D eigenvalue weighted by atomic mass is 19.1. The maximum absolute atomic E-state index is 16.9. The maximum Gasteiger partial charge on any atom is 0.319 e. The predicted octanol–water partition coefficient (Wildman–Crippen LogP) is 5.22. The number of likely N-dealkylation sites (tertiary alicyclic amines) is 2. The number of anilines is 1. The minimum Gasteiger partial charge on any atom is -0.508 e. The van der Waals surface area contributed by atoms with Crippen molar-refractivity contribution < 1.29 is 19.0 Å². The maximum atomic E-state index is 16.9. The smallest absolute Gasteiger partial charge is 0.319 e. The van der Waals surface area contributed by atoms with Gasteiger partial charge in [-0.05, 0) is 100 Å². The number of aromatic hydroxyl groups is 1. The Morgan fingerprint density at radius 2 is 1.79 bits per heavy atom. The second-order valence-electron chi connectivity index (χ2n) is 14.2. The molecule has 0 spiro atoms. The molecule has 11 heteroatoms. The molecule has 0 radical (unpaired) electrons. The third-order valence-corrected chi connectivity index (χ3v) is 11.0. The number of hydrogen-bond donors (Lipinski definition) is 2. The Hall–Kier alpha value is -4.22. The second-order valence-corrected chi connectivity index (χ2v) is 14.2. The van der Waals surface area contributed by atoms with Crippen LogP contribution >= 0.6 is 0 Å². The number of halogens is 1. The number of ether oxygens (including phenoxy) is 1. The minimum atomic E-state index is -0.475. The lowest BCUT2D eigenvalue weighted by Crippen LogP contribution is -2.61. The molecule has 0 saturated carbocycles. The van der Waals surface area contributed by atoms with Gasteiger partial charge < -0.3 is 34.8 Å². The van der Waals surface area contributed by atoms with Crippen LogP contribution in [0, 0.1) is 5.82 Å². The Kier molecular flexibility index (Phi) is 8.20. The van der Waals surface area contributed by atoms with Crippen molar-refractivity contribution in [3.63, 3.8) is 0 Å². The number of carbonyl (C=O) groups is 1. The number of fused-ring (bicyclic) bond motifs is 6. The molecule has 2 unspecified atom stereocenters. The molecule has 5 fully saturated rings. The van der Waals surface area contributed by atoms with Gasteiger partial charge in [-0.25, -0.2) is 9.18 Å². The van der Waals surface area contributed by atoms with E-state index in [1.54, 1.807) is 18.2 Å². The van der Waals surface area contributed by atoms with Crippen molar-refractivity contribution in [2.45, 2.75) is 62.7 Å². The number of hydrogen-bond acceptors (Lipinski definition) is 8. The first-order valence-corrected chi connectivity index (χ1v) is 17.4. The van der Waals surface area contributed by atoms with Crippen LogP contribution in [0.15, 0.2) is 48.5 Å². The van der Waals surface area contributed by atoms with Crippen LogP contribution in [-0.4, -0.2) is 113 Å². The molecule has 2 N–H and O–H groups in total. The zero-order chi connectivity index (χ0) is 32.9. The third kappa shape index (κ3) is 5.77. The Balaban J connectivity index is 1.17. The highest BCUT2D eigenvalue weighted by Gasteiger charge is 2.41. The molecule has 9 rings (SSSR count). The van der Waals surface area contributed by atoms with Crippen LogP contribution in [0.1, 0.15) is 38.5 Å². The molecule has 48 heavy (non-hydrogen) atoms. The first kappa shape index (κ1) is 31.1. The van der Waals surface area contributed by atoms with E-state index < -0.39 is 5.82 Å². The van der Waals surface area contributed by atoms with Crippen LogP contribution in [0.25, 0.3) is 32.8 Å². The zero-order valence-corrected chi connectivity index (χ0v) is 27.7. The molecule has 3 aromatic carbocycles. The lowest BCUT2D eigenvalue weighted by molar-refractivity contribution is 0.155. The topological polar surface area (TPSA) is 97.3 Å². The monoisotopic (exact) mass is 653 g/mol. The van der Waals surface area contributed by atoms with E-state index >= 15 is 4.39 Å². The number of phenolic OH excluding ortho intramolecular Hbond substituents is 1. The quantitative estimate of drug-likeness (QED) is 0.292. The Morgan fingerprint density at radius 3 is 2.60 bits per heavy atom. The lowest BCUT2D eigenvalue weighted by Gasteiger charge is -2.45. The molecule has 5 aliphatic rings. The number of urea groups is 1. The number of nitrogens with one attached hydrogen (secondary N) is 1. The Bertz CT molecular complexity index is 1860. The molecule has 4 atom stereocenters. The number of likely N-dealkylation sites (N-methyl/N-ethyl adjacent to an activating group) is 2. The van der Waals surface area contributed by atoms with E-state index in [1.165, 1.54) is 0 Å². The summed E-state index contributed by atoms with van der Waals surface area (Å²) in [5.74, 6) is 0.248. The average molecular weight is 654 g/mol. The molecule has 6 heterocycles. The van der Waals surface area contributed by atoms with E-state index in [1.807, 2.05) is 35.2 Å². The fourth-order valence-corrected chi connectivity index (χ4v) is 8.35. The van der Waals surface area contributed by atoms with Crippen molar-refractivity contribution in [1.82, 2.24) is 30.0 Å². The summed E-state index contributed by atoms with van der Waals surface area (Å²) in [6, 6.07) is 15.3. The first-order chi connectivity index (χ1) is 23.3. The van der Waals surface area contributed by atoms with Gasteiger partial charge in [-0.1, -0.05) is 30.3 Å². The van der Waals surface area contributed by atoms with Gasteiger partial charge in [-0.2, -0.15) is 9.97 Å². The Morgan fingerprint density at radius 1 is 0.938 bits per heavy atom. The van der Waals surface area contributed by atoms with Gasteiger partial charge in [0.15, 0.2) is 5.82 Å². The Labute approximate surface area is 280 Å². The van der Waals surface area contributed by atoms with Gasteiger partial charge in [0.25, 0.3) is 0 Å². The van der Waals surface area contributed by atoms with Gasteiger partial charge in [0.1, 0.15) is 23.7 Å². The molecular formula is C37H44FN7O3. The van der Waals surface area contributed by atoms with Gasteiger partial charge in [0, 0.05) is 48.7 Å². The summed E-state index contributed by atoms with van der Waals surface area (Å²) >= 11 is 0. The second kappa shape index (κ2) is 12.7. The molecular weight excluding hydrogens is 609 g/mol. The van der Waals surface area contributed by atoms with Crippen molar-refractivity contribution in [1.29, 1.82) is 0 Å². The summed E-state index contributed by atoms with van der Waals surface area (Å²) < 4.78 is 23.2. The molecule has 2 bridgehead atoms. The third-order valence-electron chi connectivity index (χ3n) is 11.0. The van der Waals surface area contributed by atoms with E-state index in [9.17, 15) is 9.90 Å². The van der Waals surface area contributed by atoms with Crippen LogP contribution in [0.3, 0.4) is 0 Å². The van der Waals surface area contributed by atoms with E-state index in [4.69, 9.17) is 14.7 Å². The van der Waals surface area contributed by atoms with Gasteiger partial charge in [0.05, 0.1) is 6.04 Å². The van der Waals surface area contributed by atoms with Crippen LogP contribution in [0.4, 0.5) is 15.0 Å². The van der Waals surface area contributed by atoms with E-state index in [0.717, 1.165) is 68.9 Å². The fourth-order valence-electron chi connectivity index (χ4n) is 8.35. The predicted molar refractivity (Wildman–Crippen MR) is 185 cm³/mol. The van der Waals surface area contributed by atoms with Crippen LogP contribution in [-0.2, 0) is 0 Å². The summed E-state index contributed by atoms with van der Waals surface area (Å²) in [6.07, 6.45) is 5.94. The van der Waals surface area contributed by atoms with Crippen LogP contribution in [0.2, 0.25) is 0 Å². The highest BCUT2D eigenvalue weighted by Crippen LogP contribution is 2.40. The number of nitrogens with zero attached hydrogens (tertiary/aromatic N) is 6. The van der Waals surface area contributed by atoms with Gasteiger partial charge in [0.2, 0.25) is 0 Å². The first-order valence-electron chi connectivity index (χ1n) is 17.4. The SMILES string of the molecule is CN1CC[C@@H](NC(=O)N2CC3CCCC2CN3c2nc(OC[C@@H]3CCCN3C)nc3c(F)c(-c4cc(O)cc5ccccc45)ccc23)C1. The van der Waals surface area contributed by atoms with E-state index in [2.05, 4.69) is 34.1 Å².